The second kappa shape index (κ2) is 7.28. The average molecular weight is 362 g/mol. The molecule has 1 aliphatic rings. The predicted octanol–water partition coefficient (Wildman–Crippen LogP) is 4.05. The maximum Gasteiger partial charge on any atom is 0.176 e. The van der Waals surface area contributed by atoms with Gasteiger partial charge in [0.25, 0.3) is 0 Å². The maximum absolute atomic E-state index is 11.4. The number of halogens is 1. The van der Waals surface area contributed by atoms with Gasteiger partial charge in [0.15, 0.2) is 17.3 Å². The molecule has 0 spiro atoms. The van der Waals surface area contributed by atoms with Crippen molar-refractivity contribution >= 4 is 27.8 Å². The highest BCUT2D eigenvalue weighted by Crippen LogP contribution is 2.40. The molecule has 0 aliphatic heterocycles. The lowest BCUT2D eigenvalue weighted by molar-refractivity contribution is -0.115. The number of ether oxygens (including phenoxy) is 2. The van der Waals surface area contributed by atoms with Gasteiger partial charge in [-0.15, -0.1) is 0 Å². The SMILES string of the molecule is COc1ccc(/C=C/C#N)c(Br)c1OC1CCC(=O)C=C1C. The van der Waals surface area contributed by atoms with Crippen LogP contribution < -0.4 is 9.47 Å². The van der Waals surface area contributed by atoms with Crippen molar-refractivity contribution in [3.63, 3.8) is 0 Å². The van der Waals surface area contributed by atoms with Crippen molar-refractivity contribution in [2.45, 2.75) is 25.9 Å². The molecule has 2 rings (SSSR count). The minimum Gasteiger partial charge on any atom is -0.493 e. The number of hydrogen-bond acceptors (Lipinski definition) is 4. The Kier molecular flexibility index (Phi) is 5.40. The number of methoxy groups -OCH3 is 1. The van der Waals surface area contributed by atoms with Crippen LogP contribution in [0.2, 0.25) is 0 Å². The van der Waals surface area contributed by atoms with Crippen LogP contribution in [-0.2, 0) is 4.79 Å². The molecule has 0 saturated heterocycles. The summed E-state index contributed by atoms with van der Waals surface area (Å²) in [6.07, 6.45) is 5.71. The first-order valence-corrected chi connectivity index (χ1v) is 7.66. The minimum atomic E-state index is -0.155. The van der Waals surface area contributed by atoms with E-state index in [1.54, 1.807) is 25.3 Å². The summed E-state index contributed by atoms with van der Waals surface area (Å²) in [6, 6.07) is 5.60. The first-order chi connectivity index (χ1) is 10.6. The molecule has 1 aromatic rings. The van der Waals surface area contributed by atoms with Crippen molar-refractivity contribution in [1.29, 1.82) is 5.26 Å². The van der Waals surface area contributed by atoms with Crippen LogP contribution in [0.1, 0.15) is 25.3 Å². The second-order valence-electron chi connectivity index (χ2n) is 4.96. The predicted molar refractivity (Wildman–Crippen MR) is 87.8 cm³/mol. The molecule has 4 nitrogen and oxygen atoms in total. The molecule has 0 saturated carbocycles. The highest BCUT2D eigenvalue weighted by atomic mass is 79.9. The van der Waals surface area contributed by atoms with Crippen LogP contribution in [0.5, 0.6) is 11.5 Å². The van der Waals surface area contributed by atoms with Crippen LogP contribution in [0, 0.1) is 11.3 Å². The first-order valence-electron chi connectivity index (χ1n) is 6.87. The van der Waals surface area contributed by atoms with Gasteiger partial charge in [0.1, 0.15) is 6.10 Å². The van der Waals surface area contributed by atoms with Crippen molar-refractivity contribution in [3.8, 4) is 17.6 Å². The third-order valence-corrected chi connectivity index (χ3v) is 4.28. The molecule has 22 heavy (non-hydrogen) atoms. The molecule has 0 aromatic heterocycles. The van der Waals surface area contributed by atoms with E-state index in [0.717, 1.165) is 15.6 Å². The number of benzene rings is 1. The van der Waals surface area contributed by atoms with Crippen molar-refractivity contribution in [1.82, 2.24) is 0 Å². The van der Waals surface area contributed by atoms with Crippen molar-refractivity contribution < 1.29 is 14.3 Å². The summed E-state index contributed by atoms with van der Waals surface area (Å²) >= 11 is 3.51. The van der Waals surface area contributed by atoms with E-state index in [2.05, 4.69) is 15.9 Å². The standard InChI is InChI=1S/C17H16BrNO3/c1-11-10-13(20)6-8-14(11)22-17-15(21-2)7-5-12(16(17)18)4-3-9-19/h3-5,7,10,14H,6,8H2,1-2H3/b4-3+. The fourth-order valence-electron chi connectivity index (χ4n) is 2.29. The summed E-state index contributed by atoms with van der Waals surface area (Å²) in [5.41, 5.74) is 1.73. The van der Waals surface area contributed by atoms with Crippen LogP contribution in [0.15, 0.2) is 34.3 Å². The lowest BCUT2D eigenvalue weighted by Crippen LogP contribution is -2.24. The van der Waals surface area contributed by atoms with Gasteiger partial charge in [0.05, 0.1) is 17.7 Å². The summed E-state index contributed by atoms with van der Waals surface area (Å²) in [5.74, 6) is 1.31. The van der Waals surface area contributed by atoms with Gasteiger partial charge in [0.2, 0.25) is 0 Å². The fourth-order valence-corrected chi connectivity index (χ4v) is 2.85. The quantitative estimate of drug-likeness (QED) is 0.759. The van der Waals surface area contributed by atoms with E-state index in [1.807, 2.05) is 19.1 Å². The van der Waals surface area contributed by atoms with Gasteiger partial charge in [-0.3, -0.25) is 4.79 Å². The minimum absolute atomic E-state index is 0.133. The zero-order valence-electron chi connectivity index (χ0n) is 12.4. The smallest absolute Gasteiger partial charge is 0.176 e. The maximum atomic E-state index is 11.4. The van der Waals surface area contributed by atoms with E-state index in [4.69, 9.17) is 14.7 Å². The third kappa shape index (κ3) is 3.58. The summed E-state index contributed by atoms with van der Waals surface area (Å²) in [7, 11) is 1.58. The summed E-state index contributed by atoms with van der Waals surface area (Å²) in [5, 5.41) is 8.66. The number of rotatable bonds is 4. The van der Waals surface area contributed by atoms with Crippen molar-refractivity contribution in [3.05, 3.63) is 39.9 Å². The highest BCUT2D eigenvalue weighted by Gasteiger charge is 2.23. The fraction of sp³-hybridized carbons (Fsp3) is 0.294. The van der Waals surface area contributed by atoms with Crippen LogP contribution in [-0.4, -0.2) is 19.0 Å². The Morgan fingerprint density at radius 3 is 2.86 bits per heavy atom. The summed E-state index contributed by atoms with van der Waals surface area (Å²) < 4.78 is 12.2. The molecule has 1 unspecified atom stereocenters. The number of nitriles is 1. The Labute approximate surface area is 138 Å². The molecule has 0 bridgehead atoms. The summed E-state index contributed by atoms with van der Waals surface area (Å²) in [4.78, 5) is 11.4. The van der Waals surface area contributed by atoms with E-state index in [1.165, 1.54) is 6.08 Å². The van der Waals surface area contributed by atoms with E-state index < -0.39 is 0 Å². The zero-order chi connectivity index (χ0) is 16.1. The monoisotopic (exact) mass is 361 g/mol. The van der Waals surface area contributed by atoms with Gasteiger partial charge in [-0.05, 0) is 64.7 Å². The molecule has 1 aromatic carbocycles. The van der Waals surface area contributed by atoms with E-state index >= 15 is 0 Å². The van der Waals surface area contributed by atoms with Gasteiger partial charge >= 0.3 is 0 Å². The highest BCUT2D eigenvalue weighted by molar-refractivity contribution is 9.10. The molecular weight excluding hydrogens is 346 g/mol. The molecule has 0 amide bonds. The number of hydrogen-bond donors (Lipinski definition) is 0. The Bertz CT molecular complexity index is 686. The number of carbonyl (C=O) groups is 1. The molecule has 5 heteroatoms. The molecule has 0 heterocycles. The Balaban J connectivity index is 2.37. The van der Waals surface area contributed by atoms with E-state index in [9.17, 15) is 4.79 Å². The van der Waals surface area contributed by atoms with Gasteiger partial charge in [-0.25, -0.2) is 0 Å². The first kappa shape index (κ1) is 16.3. The Morgan fingerprint density at radius 2 is 2.23 bits per heavy atom. The molecule has 0 radical (unpaired) electrons. The Hall–Kier alpha value is -2.06. The van der Waals surface area contributed by atoms with Crippen LogP contribution in [0.25, 0.3) is 6.08 Å². The topological polar surface area (TPSA) is 59.3 Å². The van der Waals surface area contributed by atoms with Crippen molar-refractivity contribution in [2.75, 3.05) is 7.11 Å². The third-order valence-electron chi connectivity index (χ3n) is 3.46. The van der Waals surface area contributed by atoms with Crippen LogP contribution in [0.3, 0.4) is 0 Å². The van der Waals surface area contributed by atoms with Gasteiger partial charge < -0.3 is 9.47 Å². The molecule has 1 aliphatic carbocycles. The molecule has 0 N–H and O–H groups in total. The van der Waals surface area contributed by atoms with Crippen molar-refractivity contribution in [2.24, 2.45) is 0 Å². The zero-order valence-corrected chi connectivity index (χ0v) is 14.0. The van der Waals surface area contributed by atoms with E-state index in [-0.39, 0.29) is 11.9 Å². The number of nitrogens with zero attached hydrogens (tertiary/aromatic N) is 1. The van der Waals surface area contributed by atoms with Gasteiger partial charge in [-0.2, -0.15) is 5.26 Å². The lowest BCUT2D eigenvalue weighted by Gasteiger charge is -2.24. The largest absolute Gasteiger partial charge is 0.493 e. The second-order valence-corrected chi connectivity index (χ2v) is 5.76. The van der Waals surface area contributed by atoms with Crippen LogP contribution in [0.4, 0.5) is 0 Å². The van der Waals surface area contributed by atoms with Gasteiger partial charge in [0, 0.05) is 12.5 Å². The van der Waals surface area contributed by atoms with E-state index in [0.29, 0.717) is 24.3 Å². The van der Waals surface area contributed by atoms with Crippen LogP contribution >= 0.6 is 15.9 Å². The number of allylic oxidation sites excluding steroid dienone is 2. The lowest BCUT2D eigenvalue weighted by atomic mass is 9.97. The number of carbonyl (C=O) groups excluding carboxylic acids is 1. The molecule has 0 fully saturated rings. The van der Waals surface area contributed by atoms with Gasteiger partial charge in [-0.1, -0.05) is 0 Å². The summed E-state index contributed by atoms with van der Waals surface area (Å²) in [6.45, 7) is 1.89. The molecular formula is C17H16BrNO3. The Morgan fingerprint density at radius 1 is 1.45 bits per heavy atom. The normalized spacial score (nSPS) is 18.0. The number of ketones is 1. The average Bonchev–Trinajstić information content (AvgIpc) is 2.50. The molecule has 114 valence electrons. The molecule has 1 atom stereocenters.